The maximum atomic E-state index is 12.6. The molecule has 540 valence electrons. The number of aliphatic hydroxyl groups excluding tert-OH is 2. The van der Waals surface area contributed by atoms with Gasteiger partial charge in [-0.05, 0) is 57.8 Å². The average Bonchev–Trinajstić information content (AvgIpc) is 3.58. The second-order valence-electron chi connectivity index (χ2n) is 29.2. The molecule has 3 N–H and O–H groups in total. The first-order valence-corrected chi connectivity index (χ1v) is 42.1. The Kier molecular flexibility index (Phi) is 79.3. The van der Waals surface area contributed by atoms with Gasteiger partial charge < -0.3 is 20.3 Å². The molecule has 0 rings (SSSR count). The van der Waals surface area contributed by atoms with E-state index in [0.29, 0.717) is 25.9 Å². The Morgan fingerprint density at radius 2 is 0.549 bits per heavy atom. The highest BCUT2D eigenvalue weighted by molar-refractivity contribution is 5.76. The van der Waals surface area contributed by atoms with E-state index >= 15 is 0 Å². The zero-order chi connectivity index (χ0) is 65.6. The molecule has 1 amide bonds. The van der Waals surface area contributed by atoms with E-state index in [4.69, 9.17) is 4.74 Å². The Hall–Kier alpha value is -1.66. The summed E-state index contributed by atoms with van der Waals surface area (Å²) >= 11 is 0. The molecule has 2 atom stereocenters. The second kappa shape index (κ2) is 80.8. The van der Waals surface area contributed by atoms with Gasteiger partial charge in [-0.1, -0.05) is 436 Å². The SMILES string of the molecule is CCCCC/C=C\C/C=C\CCCCCCCCCCCC(=O)OCCCCCCCCCCCCCCCCCCCCCCCCCCCCCCCCCCCC(=O)NC(CO)C(O)CCCCCCCCCCCCCCCCCCCCCCCC. The second-order valence-corrected chi connectivity index (χ2v) is 29.2. The quantitative estimate of drug-likeness (QED) is 0.0320. The minimum atomic E-state index is -0.662. The normalized spacial score (nSPS) is 12.5. The highest BCUT2D eigenvalue weighted by Crippen LogP contribution is 2.21. The molecule has 0 spiro atoms. The lowest BCUT2D eigenvalue weighted by Crippen LogP contribution is -2.45. The third kappa shape index (κ3) is 77.2. The Bertz CT molecular complexity index is 1430. The molecule has 0 aromatic rings. The van der Waals surface area contributed by atoms with Gasteiger partial charge in [0, 0.05) is 12.8 Å². The number of ether oxygens (including phenoxy) is 1. The van der Waals surface area contributed by atoms with Gasteiger partial charge in [0.05, 0.1) is 25.4 Å². The van der Waals surface area contributed by atoms with Crippen molar-refractivity contribution in [2.24, 2.45) is 0 Å². The van der Waals surface area contributed by atoms with Gasteiger partial charge >= 0.3 is 5.97 Å². The molecule has 91 heavy (non-hydrogen) atoms. The molecule has 0 aliphatic heterocycles. The Morgan fingerprint density at radius 3 is 0.857 bits per heavy atom. The molecule has 0 heterocycles. The van der Waals surface area contributed by atoms with Crippen molar-refractivity contribution in [3.05, 3.63) is 24.3 Å². The summed E-state index contributed by atoms with van der Waals surface area (Å²) < 4.78 is 5.52. The van der Waals surface area contributed by atoms with E-state index in [9.17, 15) is 19.8 Å². The number of carbonyl (C=O) groups excluding carboxylic acids is 2. The molecule has 6 heteroatoms. The number of amides is 1. The van der Waals surface area contributed by atoms with Crippen molar-refractivity contribution in [2.75, 3.05) is 13.2 Å². The fraction of sp³-hybridized carbons (Fsp3) is 0.929. The molecular weight excluding hydrogens is 1110 g/mol. The minimum absolute atomic E-state index is 0.0191. The van der Waals surface area contributed by atoms with Crippen LogP contribution in [0.1, 0.15) is 483 Å². The van der Waals surface area contributed by atoms with E-state index in [2.05, 4.69) is 43.5 Å². The van der Waals surface area contributed by atoms with Crippen LogP contribution in [0.4, 0.5) is 0 Å². The molecule has 0 aliphatic rings. The summed E-state index contributed by atoms with van der Waals surface area (Å²) in [4.78, 5) is 24.7. The summed E-state index contributed by atoms with van der Waals surface area (Å²) in [5.41, 5.74) is 0. The van der Waals surface area contributed by atoms with E-state index in [1.807, 2.05) is 0 Å². The largest absolute Gasteiger partial charge is 0.466 e. The van der Waals surface area contributed by atoms with Crippen molar-refractivity contribution in [2.45, 2.75) is 495 Å². The number of allylic oxidation sites excluding steroid dienone is 4. The number of nitrogens with one attached hydrogen (secondary N) is 1. The number of esters is 1. The summed E-state index contributed by atoms with van der Waals surface area (Å²) in [6, 6.07) is -0.539. The standard InChI is InChI=1S/C85H165NO5/c1-3-5-7-9-11-13-15-17-19-21-23-24-38-42-45-49-53-57-61-65-69-73-77-83(88)82(81-87)86-84(89)78-74-70-66-62-58-54-50-46-43-39-36-34-32-30-28-26-25-27-29-31-33-35-37-40-44-48-52-56-60-64-68-72-76-80-91-85(90)79-75-71-67-63-59-55-51-47-41-22-20-18-16-14-12-10-8-6-4-2/h12,14,18,20,82-83,87-88H,3-11,13,15-17,19,21-81H2,1-2H3,(H,86,89)/b14-12-,20-18-. The summed E-state index contributed by atoms with van der Waals surface area (Å²) in [7, 11) is 0. The van der Waals surface area contributed by atoms with Crippen LogP contribution in [0.25, 0.3) is 0 Å². The first kappa shape index (κ1) is 89.3. The maximum Gasteiger partial charge on any atom is 0.305 e. The zero-order valence-electron chi connectivity index (χ0n) is 62.1. The van der Waals surface area contributed by atoms with Crippen molar-refractivity contribution >= 4 is 11.9 Å². The van der Waals surface area contributed by atoms with E-state index in [0.717, 1.165) is 44.9 Å². The van der Waals surface area contributed by atoms with Crippen LogP contribution in [-0.2, 0) is 14.3 Å². The molecule has 2 unspecified atom stereocenters. The number of hydrogen-bond donors (Lipinski definition) is 3. The maximum absolute atomic E-state index is 12.6. The highest BCUT2D eigenvalue weighted by Gasteiger charge is 2.20. The molecule has 6 nitrogen and oxygen atoms in total. The van der Waals surface area contributed by atoms with Gasteiger partial charge in [0.15, 0.2) is 0 Å². The Balaban J connectivity index is 3.31. The van der Waals surface area contributed by atoms with Gasteiger partial charge in [-0.2, -0.15) is 0 Å². The minimum Gasteiger partial charge on any atom is -0.466 e. The number of carbonyl (C=O) groups is 2. The summed E-state index contributed by atoms with van der Waals surface area (Å²) in [6.45, 7) is 4.99. The third-order valence-corrected chi connectivity index (χ3v) is 20.0. The summed E-state index contributed by atoms with van der Waals surface area (Å²) in [6.07, 6.45) is 104. The van der Waals surface area contributed by atoms with Gasteiger partial charge in [0.2, 0.25) is 5.91 Å². The van der Waals surface area contributed by atoms with Crippen molar-refractivity contribution in [1.29, 1.82) is 0 Å². The third-order valence-electron chi connectivity index (χ3n) is 20.0. The first-order valence-electron chi connectivity index (χ1n) is 42.1. The molecule has 0 fully saturated rings. The van der Waals surface area contributed by atoms with Crippen molar-refractivity contribution in [3.63, 3.8) is 0 Å². The molecule has 0 bridgehead atoms. The van der Waals surface area contributed by atoms with Crippen LogP contribution >= 0.6 is 0 Å². The van der Waals surface area contributed by atoms with Gasteiger partial charge in [0.1, 0.15) is 0 Å². The van der Waals surface area contributed by atoms with Gasteiger partial charge in [0.25, 0.3) is 0 Å². The first-order chi connectivity index (χ1) is 45.0. The van der Waals surface area contributed by atoms with Crippen LogP contribution in [-0.4, -0.2) is 47.4 Å². The molecule has 0 saturated carbocycles. The molecular formula is C85H165NO5. The number of hydrogen-bond acceptors (Lipinski definition) is 5. The highest BCUT2D eigenvalue weighted by atomic mass is 16.5. The molecule has 0 aromatic carbocycles. The topological polar surface area (TPSA) is 95.9 Å². The van der Waals surface area contributed by atoms with Gasteiger partial charge in [-0.3, -0.25) is 9.59 Å². The van der Waals surface area contributed by atoms with Crippen LogP contribution < -0.4 is 5.32 Å². The average molecular weight is 1280 g/mol. The smallest absolute Gasteiger partial charge is 0.305 e. The van der Waals surface area contributed by atoms with Gasteiger partial charge in [-0.15, -0.1) is 0 Å². The fourth-order valence-electron chi connectivity index (χ4n) is 13.6. The predicted molar refractivity (Wildman–Crippen MR) is 403 cm³/mol. The van der Waals surface area contributed by atoms with Crippen LogP contribution in [0.15, 0.2) is 24.3 Å². The van der Waals surface area contributed by atoms with Crippen LogP contribution in [0.3, 0.4) is 0 Å². The van der Waals surface area contributed by atoms with Crippen LogP contribution in [0.2, 0.25) is 0 Å². The molecule has 0 radical (unpaired) electrons. The zero-order valence-corrected chi connectivity index (χ0v) is 62.1. The predicted octanol–water partition coefficient (Wildman–Crippen LogP) is 28.0. The number of aliphatic hydroxyl groups is 2. The lowest BCUT2D eigenvalue weighted by molar-refractivity contribution is -0.143. The fourth-order valence-corrected chi connectivity index (χ4v) is 13.6. The van der Waals surface area contributed by atoms with Crippen LogP contribution in [0, 0.1) is 0 Å². The Labute approximate surface area is 571 Å². The molecule has 0 aliphatic carbocycles. The van der Waals surface area contributed by atoms with E-state index in [-0.39, 0.29) is 18.5 Å². The van der Waals surface area contributed by atoms with Crippen molar-refractivity contribution < 1.29 is 24.5 Å². The molecule has 0 saturated heterocycles. The lowest BCUT2D eigenvalue weighted by atomic mass is 10.0. The van der Waals surface area contributed by atoms with E-state index < -0.39 is 12.1 Å². The van der Waals surface area contributed by atoms with Crippen molar-refractivity contribution in [1.82, 2.24) is 5.32 Å². The summed E-state index contributed by atoms with van der Waals surface area (Å²) in [5.74, 6) is -0.00513. The van der Waals surface area contributed by atoms with Crippen molar-refractivity contribution in [3.8, 4) is 0 Å². The van der Waals surface area contributed by atoms with E-state index in [1.54, 1.807) is 0 Å². The lowest BCUT2D eigenvalue weighted by Gasteiger charge is -2.22. The number of rotatable bonds is 80. The van der Waals surface area contributed by atoms with Crippen LogP contribution in [0.5, 0.6) is 0 Å². The van der Waals surface area contributed by atoms with E-state index in [1.165, 1.54) is 405 Å². The van der Waals surface area contributed by atoms with Gasteiger partial charge in [-0.25, -0.2) is 0 Å². The Morgan fingerprint density at radius 1 is 0.308 bits per heavy atom. The summed E-state index contributed by atoms with van der Waals surface area (Å²) in [5, 5.41) is 23.5. The molecule has 0 aromatic heterocycles. The number of unbranched alkanes of at least 4 members (excludes halogenated alkanes) is 65. The monoisotopic (exact) mass is 1280 g/mol.